The standard InChI is InChI=1S/C15H15ClN2O2/c1-20-12-5-2-10(3-6-12)9-18-15(19)11-4-7-13(16)14(17)8-11/h2-8H,9,17H2,1H3,(H,18,19). The molecule has 0 unspecified atom stereocenters. The normalized spacial score (nSPS) is 10.1. The molecule has 1 amide bonds. The van der Waals surface area contributed by atoms with Crippen molar-refractivity contribution in [2.75, 3.05) is 12.8 Å². The van der Waals surface area contributed by atoms with Crippen LogP contribution in [-0.2, 0) is 6.54 Å². The number of nitrogens with two attached hydrogens (primary N) is 1. The van der Waals surface area contributed by atoms with Gasteiger partial charge in [0.15, 0.2) is 0 Å². The van der Waals surface area contributed by atoms with E-state index in [1.54, 1.807) is 25.3 Å². The molecule has 0 atom stereocenters. The molecule has 104 valence electrons. The zero-order valence-corrected chi connectivity index (χ0v) is 11.8. The third-order valence-corrected chi connectivity index (χ3v) is 3.21. The average molecular weight is 291 g/mol. The largest absolute Gasteiger partial charge is 0.497 e. The monoisotopic (exact) mass is 290 g/mol. The van der Waals surface area contributed by atoms with Crippen LogP contribution in [0.25, 0.3) is 0 Å². The lowest BCUT2D eigenvalue weighted by Crippen LogP contribution is -2.22. The molecule has 2 aromatic carbocycles. The van der Waals surface area contributed by atoms with Gasteiger partial charge in [-0.1, -0.05) is 23.7 Å². The molecule has 5 heteroatoms. The topological polar surface area (TPSA) is 64.3 Å². The first kappa shape index (κ1) is 14.2. The maximum Gasteiger partial charge on any atom is 0.251 e. The smallest absolute Gasteiger partial charge is 0.251 e. The second-order valence-corrected chi connectivity index (χ2v) is 4.67. The van der Waals surface area contributed by atoms with Gasteiger partial charge in [-0.3, -0.25) is 4.79 Å². The molecule has 0 saturated carbocycles. The molecular weight excluding hydrogens is 276 g/mol. The summed E-state index contributed by atoms with van der Waals surface area (Å²) in [6.45, 7) is 0.436. The number of anilines is 1. The van der Waals surface area contributed by atoms with Crippen molar-refractivity contribution in [1.82, 2.24) is 5.32 Å². The minimum absolute atomic E-state index is 0.191. The molecule has 0 aromatic heterocycles. The molecular formula is C15H15ClN2O2. The van der Waals surface area contributed by atoms with Crippen molar-refractivity contribution in [1.29, 1.82) is 0 Å². The Bertz CT molecular complexity index is 612. The van der Waals surface area contributed by atoms with Gasteiger partial charge in [0.25, 0.3) is 5.91 Å². The maximum absolute atomic E-state index is 12.0. The minimum atomic E-state index is -0.191. The highest BCUT2D eigenvalue weighted by Gasteiger charge is 2.07. The van der Waals surface area contributed by atoms with Crippen molar-refractivity contribution in [3.63, 3.8) is 0 Å². The molecule has 0 aliphatic rings. The number of rotatable bonds is 4. The van der Waals surface area contributed by atoms with Gasteiger partial charge in [0.1, 0.15) is 5.75 Å². The number of amides is 1. The first-order valence-electron chi connectivity index (χ1n) is 6.06. The maximum atomic E-state index is 12.0. The van der Waals surface area contributed by atoms with Crippen molar-refractivity contribution < 1.29 is 9.53 Å². The van der Waals surface area contributed by atoms with Crippen LogP contribution >= 0.6 is 11.6 Å². The molecule has 4 nitrogen and oxygen atoms in total. The summed E-state index contributed by atoms with van der Waals surface area (Å²) >= 11 is 5.82. The molecule has 0 fully saturated rings. The second kappa shape index (κ2) is 6.30. The first-order chi connectivity index (χ1) is 9.60. The fourth-order valence-corrected chi connectivity index (χ4v) is 1.83. The highest BCUT2D eigenvalue weighted by Crippen LogP contribution is 2.19. The van der Waals surface area contributed by atoms with E-state index < -0.39 is 0 Å². The third-order valence-electron chi connectivity index (χ3n) is 2.87. The number of benzene rings is 2. The van der Waals surface area contributed by atoms with Crippen LogP contribution in [0.2, 0.25) is 5.02 Å². The molecule has 2 rings (SSSR count). The van der Waals surface area contributed by atoms with E-state index in [2.05, 4.69) is 5.32 Å². The summed E-state index contributed by atoms with van der Waals surface area (Å²) in [7, 11) is 1.61. The van der Waals surface area contributed by atoms with Gasteiger partial charge < -0.3 is 15.8 Å². The average Bonchev–Trinajstić information content (AvgIpc) is 2.48. The summed E-state index contributed by atoms with van der Waals surface area (Å²) in [6, 6.07) is 12.3. The van der Waals surface area contributed by atoms with E-state index in [1.165, 1.54) is 0 Å². The van der Waals surface area contributed by atoms with E-state index in [9.17, 15) is 4.79 Å². The Hall–Kier alpha value is -2.20. The summed E-state index contributed by atoms with van der Waals surface area (Å²) < 4.78 is 5.07. The number of ether oxygens (including phenoxy) is 1. The molecule has 0 saturated heterocycles. The predicted octanol–water partition coefficient (Wildman–Crippen LogP) is 2.86. The molecule has 20 heavy (non-hydrogen) atoms. The van der Waals surface area contributed by atoms with Crippen LogP contribution in [0.4, 0.5) is 5.69 Å². The van der Waals surface area contributed by atoms with Crippen LogP contribution in [0.1, 0.15) is 15.9 Å². The molecule has 2 aromatic rings. The minimum Gasteiger partial charge on any atom is -0.497 e. The Morgan fingerprint density at radius 3 is 2.55 bits per heavy atom. The van der Waals surface area contributed by atoms with Crippen molar-refractivity contribution in [3.05, 3.63) is 58.6 Å². The van der Waals surface area contributed by atoms with E-state index in [0.29, 0.717) is 22.8 Å². The van der Waals surface area contributed by atoms with E-state index in [4.69, 9.17) is 22.1 Å². The number of nitrogens with one attached hydrogen (secondary N) is 1. The Labute approximate surface area is 122 Å². The Morgan fingerprint density at radius 2 is 1.95 bits per heavy atom. The number of nitrogen functional groups attached to an aromatic ring is 1. The SMILES string of the molecule is COc1ccc(CNC(=O)c2ccc(Cl)c(N)c2)cc1. The van der Waals surface area contributed by atoms with Gasteiger partial charge in [0, 0.05) is 12.1 Å². The highest BCUT2D eigenvalue weighted by molar-refractivity contribution is 6.33. The Kier molecular flexibility index (Phi) is 4.48. The van der Waals surface area contributed by atoms with Crippen molar-refractivity contribution >= 4 is 23.2 Å². The van der Waals surface area contributed by atoms with Crippen molar-refractivity contribution in [2.45, 2.75) is 6.54 Å². The van der Waals surface area contributed by atoms with Gasteiger partial charge in [0.05, 0.1) is 17.8 Å². The Balaban J connectivity index is 1.98. The number of hydrogen-bond acceptors (Lipinski definition) is 3. The van der Waals surface area contributed by atoms with E-state index in [1.807, 2.05) is 24.3 Å². The van der Waals surface area contributed by atoms with Crippen LogP contribution in [0.5, 0.6) is 5.75 Å². The summed E-state index contributed by atoms with van der Waals surface area (Å²) in [5.41, 5.74) is 7.54. The van der Waals surface area contributed by atoms with Gasteiger partial charge in [-0.15, -0.1) is 0 Å². The number of hydrogen-bond donors (Lipinski definition) is 2. The van der Waals surface area contributed by atoms with Crippen LogP contribution in [0, 0.1) is 0 Å². The van der Waals surface area contributed by atoms with Crippen LogP contribution in [0.15, 0.2) is 42.5 Å². The lowest BCUT2D eigenvalue weighted by molar-refractivity contribution is 0.0951. The molecule has 0 spiro atoms. The number of carbonyl (C=O) groups excluding carboxylic acids is 1. The first-order valence-corrected chi connectivity index (χ1v) is 6.44. The molecule has 0 bridgehead atoms. The van der Waals surface area contributed by atoms with Crippen molar-refractivity contribution in [3.8, 4) is 5.75 Å². The summed E-state index contributed by atoms with van der Waals surface area (Å²) in [4.78, 5) is 12.0. The van der Waals surface area contributed by atoms with Gasteiger partial charge >= 0.3 is 0 Å². The zero-order chi connectivity index (χ0) is 14.5. The lowest BCUT2D eigenvalue weighted by atomic mass is 10.1. The van der Waals surface area contributed by atoms with Crippen LogP contribution in [0.3, 0.4) is 0 Å². The molecule has 0 heterocycles. The van der Waals surface area contributed by atoms with Gasteiger partial charge in [0.2, 0.25) is 0 Å². The molecule has 0 aliphatic heterocycles. The predicted molar refractivity (Wildman–Crippen MR) is 80.0 cm³/mol. The molecule has 3 N–H and O–H groups in total. The summed E-state index contributed by atoms with van der Waals surface area (Å²) in [5, 5.41) is 3.26. The van der Waals surface area contributed by atoms with Gasteiger partial charge in [-0.25, -0.2) is 0 Å². The van der Waals surface area contributed by atoms with Crippen molar-refractivity contribution in [2.24, 2.45) is 0 Å². The second-order valence-electron chi connectivity index (χ2n) is 4.27. The van der Waals surface area contributed by atoms with E-state index >= 15 is 0 Å². The van der Waals surface area contributed by atoms with Gasteiger partial charge in [-0.05, 0) is 35.9 Å². The highest BCUT2D eigenvalue weighted by atomic mass is 35.5. The number of carbonyl (C=O) groups is 1. The summed E-state index contributed by atoms with van der Waals surface area (Å²) in [6.07, 6.45) is 0. The fourth-order valence-electron chi connectivity index (χ4n) is 1.71. The zero-order valence-electron chi connectivity index (χ0n) is 11.0. The fraction of sp³-hybridized carbons (Fsp3) is 0.133. The van der Waals surface area contributed by atoms with Crippen LogP contribution < -0.4 is 15.8 Å². The van der Waals surface area contributed by atoms with Crippen LogP contribution in [-0.4, -0.2) is 13.0 Å². The summed E-state index contributed by atoms with van der Waals surface area (Å²) in [5.74, 6) is 0.592. The van der Waals surface area contributed by atoms with Gasteiger partial charge in [-0.2, -0.15) is 0 Å². The molecule has 0 radical (unpaired) electrons. The third kappa shape index (κ3) is 3.42. The van der Waals surface area contributed by atoms with E-state index in [-0.39, 0.29) is 5.91 Å². The lowest BCUT2D eigenvalue weighted by Gasteiger charge is -2.07. The van der Waals surface area contributed by atoms with E-state index in [0.717, 1.165) is 11.3 Å². The Morgan fingerprint density at radius 1 is 1.25 bits per heavy atom. The number of halogens is 1. The number of methoxy groups -OCH3 is 1. The molecule has 0 aliphatic carbocycles. The quantitative estimate of drug-likeness (QED) is 0.851.